The third-order valence-corrected chi connectivity index (χ3v) is 0.771. The van der Waals surface area contributed by atoms with Crippen LogP contribution in [0.25, 0.3) is 0 Å². The molecule has 0 saturated carbocycles. The van der Waals surface area contributed by atoms with E-state index in [4.69, 9.17) is 20.1 Å². The van der Waals surface area contributed by atoms with E-state index in [9.17, 15) is 0 Å². The molecule has 6 heteroatoms. The molecule has 0 aliphatic heterocycles. The van der Waals surface area contributed by atoms with E-state index in [0.29, 0.717) is 0 Å². The van der Waals surface area contributed by atoms with Crippen LogP contribution in [0.2, 0.25) is 0 Å². The number of carboxylic acid groups (broad SMARTS) is 2. The van der Waals surface area contributed by atoms with Crippen molar-refractivity contribution >= 4 is 6.16 Å². The summed E-state index contributed by atoms with van der Waals surface area (Å²) in [7, 11) is 6.16. The van der Waals surface area contributed by atoms with Crippen LogP contribution in [0.3, 0.4) is 0 Å². The van der Waals surface area contributed by atoms with Crippen LogP contribution in [-0.2, 0) is 0 Å². The maximum absolute atomic E-state index is 8.56. The molecule has 0 heterocycles. The van der Waals surface area contributed by atoms with Crippen molar-refractivity contribution in [3.63, 3.8) is 0 Å². The van der Waals surface area contributed by atoms with Gasteiger partial charge in [0.15, 0.2) is 0 Å². The smallest absolute Gasteiger partial charge is 0.450 e. The van der Waals surface area contributed by atoms with E-state index in [1.807, 2.05) is 0 Å². The minimum Gasteiger partial charge on any atom is -0.450 e. The van der Waals surface area contributed by atoms with Gasteiger partial charge in [0.1, 0.15) is 6.54 Å². The van der Waals surface area contributed by atoms with Gasteiger partial charge in [0, 0.05) is 0 Å². The highest BCUT2D eigenvalue weighted by Gasteiger charge is 2.02. The summed E-state index contributed by atoms with van der Waals surface area (Å²) in [5, 5.41) is 22.3. The Morgan fingerprint density at radius 1 is 1.25 bits per heavy atom. The minimum atomic E-state index is -1.83. The maximum Gasteiger partial charge on any atom is 0.503 e. The van der Waals surface area contributed by atoms with Gasteiger partial charge in [0.25, 0.3) is 0 Å². The molecule has 0 spiro atoms. The Hall–Kier alpha value is -0.850. The normalized spacial score (nSPS) is 9.00. The van der Waals surface area contributed by atoms with Gasteiger partial charge in [-0.25, -0.2) is 4.79 Å². The lowest BCUT2D eigenvalue weighted by atomic mass is 10.5. The zero-order valence-electron chi connectivity index (χ0n) is 7.82. The first-order chi connectivity index (χ1) is 4.79. The molecule has 76 valence electrons. The van der Waals surface area contributed by atoms with Gasteiger partial charge in [-0.05, 0) is 0 Å². The Labute approximate surface area is 72.2 Å². The van der Waals surface area contributed by atoms with E-state index in [0.717, 1.165) is 11.0 Å². The molecule has 0 aromatic heterocycles. The fraction of sp³-hybridized carbons (Fsp3) is 0.833. The van der Waals surface area contributed by atoms with Crippen molar-refractivity contribution in [3.05, 3.63) is 0 Å². The summed E-state index contributed by atoms with van der Waals surface area (Å²) in [5.41, 5.74) is 0. The summed E-state index contributed by atoms with van der Waals surface area (Å²) in [6.07, 6.45) is -1.83. The van der Waals surface area contributed by atoms with Crippen molar-refractivity contribution in [1.82, 2.24) is 6.15 Å². The molecular formula is C6H19N2O4+. The minimum absolute atomic E-state index is 0. The molecule has 0 atom stereocenters. The summed E-state index contributed by atoms with van der Waals surface area (Å²) in [5.74, 6) is 0. The van der Waals surface area contributed by atoms with Crippen molar-refractivity contribution in [2.75, 3.05) is 34.3 Å². The Kier molecular flexibility index (Phi) is 11.9. The zero-order chi connectivity index (χ0) is 9.49. The third kappa shape index (κ3) is 61.3. The quantitative estimate of drug-likeness (QED) is 0.452. The highest BCUT2D eigenvalue weighted by atomic mass is 16.6. The van der Waals surface area contributed by atoms with Crippen molar-refractivity contribution in [1.29, 1.82) is 0 Å². The molecule has 0 aliphatic rings. The molecule has 12 heavy (non-hydrogen) atoms. The first-order valence-electron chi connectivity index (χ1n) is 3.13. The summed E-state index contributed by atoms with van der Waals surface area (Å²) >= 11 is 0. The van der Waals surface area contributed by atoms with Crippen molar-refractivity contribution in [2.45, 2.75) is 0 Å². The van der Waals surface area contributed by atoms with E-state index in [1.54, 1.807) is 0 Å². The molecule has 6 nitrogen and oxygen atoms in total. The van der Waals surface area contributed by atoms with Crippen LogP contribution in [0.1, 0.15) is 0 Å². The molecule has 0 saturated heterocycles. The van der Waals surface area contributed by atoms with Crippen LogP contribution in [0.15, 0.2) is 0 Å². The summed E-state index contributed by atoms with van der Waals surface area (Å²) < 4.78 is 0.844. The predicted octanol–water partition coefficient (Wildman–Crippen LogP) is 0.0693. The number of rotatable bonds is 2. The number of nitrogens with zero attached hydrogens (tertiary/aromatic N) is 1. The summed E-state index contributed by atoms with van der Waals surface area (Å²) in [6, 6.07) is 0. The highest BCUT2D eigenvalue weighted by molar-refractivity contribution is 5.53. The van der Waals surface area contributed by atoms with Gasteiger partial charge < -0.3 is 26.0 Å². The number of aliphatic hydroxyl groups is 1. The Bertz CT molecular complexity index is 107. The molecule has 0 aliphatic carbocycles. The second-order valence-corrected chi connectivity index (χ2v) is 3.02. The summed E-state index contributed by atoms with van der Waals surface area (Å²) in [4.78, 5) is 8.56. The monoisotopic (exact) mass is 183 g/mol. The van der Waals surface area contributed by atoms with E-state index in [-0.39, 0.29) is 12.8 Å². The topological polar surface area (TPSA) is 113 Å². The van der Waals surface area contributed by atoms with Gasteiger partial charge in [-0.15, -0.1) is 0 Å². The van der Waals surface area contributed by atoms with Crippen LogP contribution in [0.5, 0.6) is 0 Å². The predicted molar refractivity (Wildman–Crippen MR) is 45.7 cm³/mol. The number of carbonyl (C=O) groups is 1. The largest absolute Gasteiger partial charge is 0.503 e. The molecule has 0 rings (SSSR count). The van der Waals surface area contributed by atoms with Gasteiger partial charge in [0.05, 0.1) is 27.7 Å². The van der Waals surface area contributed by atoms with Gasteiger partial charge in [-0.2, -0.15) is 0 Å². The van der Waals surface area contributed by atoms with Gasteiger partial charge in [0.2, 0.25) is 0 Å². The van der Waals surface area contributed by atoms with Crippen LogP contribution in [0, 0.1) is 0 Å². The van der Waals surface area contributed by atoms with E-state index >= 15 is 0 Å². The Morgan fingerprint density at radius 2 is 1.50 bits per heavy atom. The fourth-order valence-corrected chi connectivity index (χ4v) is 0.300. The van der Waals surface area contributed by atoms with Crippen LogP contribution in [0.4, 0.5) is 4.79 Å². The van der Waals surface area contributed by atoms with Crippen LogP contribution < -0.4 is 6.15 Å². The van der Waals surface area contributed by atoms with Crippen molar-refractivity contribution in [3.8, 4) is 0 Å². The lowest BCUT2D eigenvalue weighted by Gasteiger charge is -2.21. The molecule has 0 radical (unpaired) electrons. The third-order valence-electron chi connectivity index (χ3n) is 0.771. The zero-order valence-corrected chi connectivity index (χ0v) is 7.82. The van der Waals surface area contributed by atoms with Crippen LogP contribution in [-0.4, -0.2) is 60.3 Å². The SMILES string of the molecule is C[N+](C)(C)CCO.N.O=C(O)O. The summed E-state index contributed by atoms with van der Waals surface area (Å²) in [6.45, 7) is 1.11. The maximum atomic E-state index is 8.56. The molecule has 0 aromatic carbocycles. The van der Waals surface area contributed by atoms with E-state index < -0.39 is 6.16 Å². The number of hydrogen-bond donors (Lipinski definition) is 4. The van der Waals surface area contributed by atoms with E-state index in [1.165, 1.54) is 0 Å². The molecule has 0 amide bonds. The lowest BCUT2D eigenvalue weighted by Crippen LogP contribution is -2.36. The average Bonchev–Trinajstić information content (AvgIpc) is 1.58. The fourth-order valence-electron chi connectivity index (χ4n) is 0.300. The molecule has 0 aromatic rings. The number of hydrogen-bond acceptors (Lipinski definition) is 3. The number of quaternary nitrogens is 1. The van der Waals surface area contributed by atoms with Crippen molar-refractivity contribution in [2.24, 2.45) is 0 Å². The molecule has 0 bridgehead atoms. The second kappa shape index (κ2) is 8.25. The first-order valence-corrected chi connectivity index (χ1v) is 3.13. The molecular weight excluding hydrogens is 164 g/mol. The Balaban J connectivity index is -0.000000142. The van der Waals surface area contributed by atoms with E-state index in [2.05, 4.69) is 21.1 Å². The second-order valence-electron chi connectivity index (χ2n) is 3.02. The van der Waals surface area contributed by atoms with Gasteiger partial charge >= 0.3 is 6.16 Å². The molecule has 0 fully saturated rings. The van der Waals surface area contributed by atoms with Crippen LogP contribution >= 0.6 is 0 Å². The standard InChI is InChI=1S/C5H14NO.CH2O3.H3N/c1-6(2,3)4-5-7;2-1(3)4;/h7H,4-5H2,1-3H3;(H2,2,3,4);1H3/q+1;;. The molecule has 0 unspecified atom stereocenters. The average molecular weight is 183 g/mol. The first kappa shape index (κ1) is 17.3. The Morgan fingerprint density at radius 3 is 1.50 bits per heavy atom. The lowest BCUT2D eigenvalue weighted by molar-refractivity contribution is -0.870. The number of aliphatic hydroxyl groups excluding tert-OH is 1. The van der Waals surface area contributed by atoms with Gasteiger partial charge in [-0.1, -0.05) is 0 Å². The van der Waals surface area contributed by atoms with Gasteiger partial charge in [-0.3, -0.25) is 0 Å². The molecule has 6 N–H and O–H groups in total. The number of likely N-dealkylation sites (N-methyl/N-ethyl adjacent to an activating group) is 1. The highest BCUT2D eigenvalue weighted by Crippen LogP contribution is 1.84. The van der Waals surface area contributed by atoms with Crippen molar-refractivity contribution < 1.29 is 24.6 Å².